The van der Waals surface area contributed by atoms with Crippen LogP contribution in [0.2, 0.25) is 0 Å². The number of nitrogens with two attached hydrogens (primary N) is 1. The van der Waals surface area contributed by atoms with Crippen molar-refractivity contribution in [2.24, 2.45) is 5.92 Å². The zero-order valence-corrected chi connectivity index (χ0v) is 16.6. The molecule has 1 aromatic heterocycles. The number of pyridine rings is 1. The summed E-state index contributed by atoms with van der Waals surface area (Å²) in [4.78, 5) is 28.1. The van der Waals surface area contributed by atoms with E-state index in [0.717, 1.165) is 44.9 Å². The summed E-state index contributed by atoms with van der Waals surface area (Å²) in [6, 6.07) is 5.67. The Hall–Kier alpha value is -2.83. The smallest absolute Gasteiger partial charge is 0.339 e. The van der Waals surface area contributed by atoms with Crippen molar-refractivity contribution in [2.45, 2.75) is 64.0 Å². The second-order valence-corrected chi connectivity index (χ2v) is 8.17. The van der Waals surface area contributed by atoms with Crippen LogP contribution in [0.1, 0.15) is 61.0 Å². The molecule has 4 N–H and O–H groups in total. The van der Waals surface area contributed by atoms with Crippen LogP contribution in [0.25, 0.3) is 10.9 Å². The van der Waals surface area contributed by atoms with Crippen LogP contribution in [0.15, 0.2) is 18.2 Å². The van der Waals surface area contributed by atoms with E-state index < -0.39 is 5.97 Å². The minimum atomic E-state index is -1.09. The zero-order chi connectivity index (χ0) is 20.5. The Morgan fingerprint density at radius 1 is 1.17 bits per heavy atom. The van der Waals surface area contributed by atoms with Crippen LogP contribution in [0.4, 0.5) is 5.69 Å². The Labute approximate surface area is 169 Å². The predicted molar refractivity (Wildman–Crippen MR) is 110 cm³/mol. The van der Waals surface area contributed by atoms with Gasteiger partial charge in [-0.3, -0.25) is 9.78 Å². The lowest BCUT2D eigenvalue weighted by molar-refractivity contribution is -0.128. The van der Waals surface area contributed by atoms with Gasteiger partial charge in [0.05, 0.1) is 28.4 Å². The van der Waals surface area contributed by atoms with Gasteiger partial charge < -0.3 is 20.9 Å². The molecule has 29 heavy (non-hydrogen) atoms. The third-order valence-electron chi connectivity index (χ3n) is 6.20. The van der Waals surface area contributed by atoms with Gasteiger partial charge in [0.1, 0.15) is 11.3 Å². The maximum absolute atomic E-state index is 12.2. The topological polar surface area (TPSA) is 115 Å². The molecule has 0 atom stereocenters. The maximum Gasteiger partial charge on any atom is 0.339 e. The summed E-state index contributed by atoms with van der Waals surface area (Å²) in [6.07, 6.45) is 6.60. The number of anilines is 1. The molecular weight excluding hydrogens is 370 g/mol. The number of hydrogen-bond acceptors (Lipinski definition) is 5. The minimum absolute atomic E-state index is 0.00596. The summed E-state index contributed by atoms with van der Waals surface area (Å²) in [5, 5.41) is 13.2. The van der Waals surface area contributed by atoms with Gasteiger partial charge in [0, 0.05) is 12.0 Å². The van der Waals surface area contributed by atoms with E-state index in [1.807, 2.05) is 18.2 Å². The molecular formula is C22H27N3O4. The van der Waals surface area contributed by atoms with Crippen LogP contribution >= 0.6 is 0 Å². The third kappa shape index (κ3) is 3.86. The molecule has 0 radical (unpaired) electrons. The highest BCUT2D eigenvalue weighted by atomic mass is 16.5. The summed E-state index contributed by atoms with van der Waals surface area (Å²) in [7, 11) is 0. The number of fused-ring (bicyclic) bond motifs is 1. The van der Waals surface area contributed by atoms with Gasteiger partial charge in [-0.15, -0.1) is 0 Å². The lowest BCUT2D eigenvalue weighted by Crippen LogP contribution is -2.43. The number of nitrogens with one attached hydrogen (secondary N) is 1. The van der Waals surface area contributed by atoms with E-state index in [1.54, 1.807) is 6.92 Å². The summed E-state index contributed by atoms with van der Waals surface area (Å²) in [5.74, 6) is -0.115. The zero-order valence-electron chi connectivity index (χ0n) is 16.6. The fourth-order valence-electron chi connectivity index (χ4n) is 4.30. The molecule has 0 aliphatic heterocycles. The van der Waals surface area contributed by atoms with Crippen molar-refractivity contribution >= 4 is 28.5 Å². The molecule has 1 aromatic carbocycles. The molecule has 4 rings (SSSR count). The number of aryl methyl sites for hydroxylation is 1. The summed E-state index contributed by atoms with van der Waals surface area (Å²) >= 11 is 0. The fourth-order valence-corrected chi connectivity index (χ4v) is 4.30. The van der Waals surface area contributed by atoms with Crippen LogP contribution in [0, 0.1) is 12.8 Å². The van der Waals surface area contributed by atoms with Crippen LogP contribution < -0.4 is 15.8 Å². The van der Waals surface area contributed by atoms with Gasteiger partial charge in [-0.25, -0.2) is 4.79 Å². The second-order valence-electron chi connectivity index (χ2n) is 8.17. The molecule has 1 heterocycles. The van der Waals surface area contributed by atoms with E-state index in [2.05, 4.69) is 10.3 Å². The normalized spacial score (nSPS) is 22.1. The van der Waals surface area contributed by atoms with E-state index in [0.29, 0.717) is 22.3 Å². The van der Waals surface area contributed by atoms with Crippen molar-refractivity contribution in [3.63, 3.8) is 0 Å². The molecule has 2 saturated carbocycles. The quantitative estimate of drug-likeness (QED) is 0.712. The monoisotopic (exact) mass is 397 g/mol. The van der Waals surface area contributed by atoms with E-state index >= 15 is 0 Å². The SMILES string of the molecule is Cc1nc2cccc(OC3CCC(NC(=O)C4CCC4)CC3)c2c(N)c1C(=O)O. The van der Waals surface area contributed by atoms with Crippen molar-refractivity contribution < 1.29 is 19.4 Å². The van der Waals surface area contributed by atoms with Crippen molar-refractivity contribution in [2.75, 3.05) is 5.73 Å². The Balaban J connectivity index is 1.47. The largest absolute Gasteiger partial charge is 0.490 e. The lowest BCUT2D eigenvalue weighted by atomic mass is 9.84. The average molecular weight is 397 g/mol. The van der Waals surface area contributed by atoms with Crippen LogP contribution in [-0.4, -0.2) is 34.1 Å². The Bertz CT molecular complexity index is 947. The van der Waals surface area contributed by atoms with Gasteiger partial charge in [-0.1, -0.05) is 12.5 Å². The van der Waals surface area contributed by atoms with Crippen LogP contribution in [0.5, 0.6) is 5.75 Å². The van der Waals surface area contributed by atoms with Crippen molar-refractivity contribution in [3.8, 4) is 5.75 Å². The van der Waals surface area contributed by atoms with Gasteiger partial charge in [-0.2, -0.15) is 0 Å². The number of nitrogen functional groups attached to an aromatic ring is 1. The molecule has 7 nitrogen and oxygen atoms in total. The first-order valence-corrected chi connectivity index (χ1v) is 10.3. The summed E-state index contributed by atoms with van der Waals surface area (Å²) < 4.78 is 6.23. The standard InChI is InChI=1S/C22H27N3O4/c1-12-18(22(27)28)20(23)19-16(24-12)6-3-7-17(19)29-15-10-8-14(9-11-15)25-21(26)13-4-2-5-13/h3,6-7,13-15H,2,4-5,8-11H2,1H3,(H2,23,24)(H,25,26)(H,27,28). The highest BCUT2D eigenvalue weighted by molar-refractivity contribution is 6.06. The lowest BCUT2D eigenvalue weighted by Gasteiger charge is -2.32. The molecule has 2 aliphatic rings. The Morgan fingerprint density at radius 3 is 2.52 bits per heavy atom. The first-order valence-electron chi connectivity index (χ1n) is 10.3. The molecule has 0 unspecified atom stereocenters. The van der Waals surface area contributed by atoms with E-state index in [9.17, 15) is 14.7 Å². The van der Waals surface area contributed by atoms with Crippen LogP contribution in [-0.2, 0) is 4.79 Å². The number of amides is 1. The van der Waals surface area contributed by atoms with Crippen molar-refractivity contribution in [1.82, 2.24) is 10.3 Å². The van der Waals surface area contributed by atoms with Crippen molar-refractivity contribution in [1.29, 1.82) is 0 Å². The summed E-state index contributed by atoms with van der Waals surface area (Å²) in [5.41, 5.74) is 7.44. The Kier molecular flexibility index (Phi) is 5.30. The van der Waals surface area contributed by atoms with Gasteiger partial charge >= 0.3 is 5.97 Å². The maximum atomic E-state index is 12.2. The predicted octanol–water partition coefficient (Wildman–Crippen LogP) is 3.43. The molecule has 154 valence electrons. The molecule has 0 spiro atoms. The number of carboxylic acids is 1. The van der Waals surface area contributed by atoms with E-state index in [1.165, 1.54) is 0 Å². The summed E-state index contributed by atoms with van der Waals surface area (Å²) in [6.45, 7) is 1.64. The number of carboxylic acid groups (broad SMARTS) is 1. The number of aromatic nitrogens is 1. The first kappa shape index (κ1) is 19.5. The number of carbonyl (C=O) groups is 2. The number of nitrogens with zero attached hydrogens (tertiary/aromatic N) is 1. The number of carbonyl (C=O) groups excluding carboxylic acids is 1. The van der Waals surface area contributed by atoms with E-state index in [4.69, 9.17) is 10.5 Å². The minimum Gasteiger partial charge on any atom is -0.490 e. The van der Waals surface area contributed by atoms with Crippen molar-refractivity contribution in [3.05, 3.63) is 29.5 Å². The average Bonchev–Trinajstić information content (AvgIpc) is 2.61. The Morgan fingerprint density at radius 2 is 1.90 bits per heavy atom. The first-order chi connectivity index (χ1) is 13.9. The van der Waals surface area contributed by atoms with Gasteiger partial charge in [0.15, 0.2) is 0 Å². The number of rotatable bonds is 5. The fraction of sp³-hybridized carbons (Fsp3) is 0.500. The third-order valence-corrected chi connectivity index (χ3v) is 6.20. The number of benzene rings is 1. The van der Waals surface area contributed by atoms with Gasteiger partial charge in [-0.05, 0) is 57.6 Å². The van der Waals surface area contributed by atoms with Gasteiger partial charge in [0.25, 0.3) is 0 Å². The number of hydrogen-bond donors (Lipinski definition) is 3. The molecule has 0 bridgehead atoms. The number of aromatic carboxylic acids is 1. The van der Waals surface area contributed by atoms with Crippen LogP contribution in [0.3, 0.4) is 0 Å². The van der Waals surface area contributed by atoms with E-state index in [-0.39, 0.29) is 35.2 Å². The second kappa shape index (κ2) is 7.89. The molecule has 1 amide bonds. The molecule has 7 heteroatoms. The molecule has 2 aliphatic carbocycles. The molecule has 0 saturated heterocycles. The molecule has 2 fully saturated rings. The number of ether oxygens (including phenoxy) is 1. The highest BCUT2D eigenvalue weighted by Crippen LogP contribution is 2.35. The van der Waals surface area contributed by atoms with Gasteiger partial charge in [0.2, 0.25) is 5.91 Å². The molecule has 2 aromatic rings. The highest BCUT2D eigenvalue weighted by Gasteiger charge is 2.29.